The third-order valence-electron chi connectivity index (χ3n) is 5.68. The average molecular weight is 380 g/mol. The molecular weight excluding hydrogens is 350 g/mol. The largest absolute Gasteiger partial charge is 0.378 e. The fraction of sp³-hybridized carbons (Fsp3) is 0.214. The van der Waals surface area contributed by atoms with Crippen LogP contribution < -0.4 is 4.90 Å². The van der Waals surface area contributed by atoms with Gasteiger partial charge in [0.15, 0.2) is 0 Å². The topological polar surface area (TPSA) is 3.24 Å². The summed E-state index contributed by atoms with van der Waals surface area (Å²) in [5, 5.41) is 2.59. The van der Waals surface area contributed by atoms with Crippen molar-refractivity contribution < 1.29 is 0 Å². The highest BCUT2D eigenvalue weighted by molar-refractivity contribution is 5.98. The first kappa shape index (κ1) is 19.3. The fourth-order valence-corrected chi connectivity index (χ4v) is 3.90. The predicted octanol–water partition coefficient (Wildman–Crippen LogP) is 7.58. The van der Waals surface area contributed by atoms with Crippen molar-refractivity contribution in [2.75, 3.05) is 19.0 Å². The highest BCUT2D eigenvalue weighted by Gasteiger charge is 2.06. The van der Waals surface area contributed by atoms with Crippen molar-refractivity contribution in [3.63, 3.8) is 0 Å². The Labute approximate surface area is 174 Å². The van der Waals surface area contributed by atoms with Crippen molar-refractivity contribution in [3.05, 3.63) is 90.5 Å². The molecule has 0 fully saturated rings. The fourth-order valence-electron chi connectivity index (χ4n) is 3.90. The van der Waals surface area contributed by atoms with Crippen LogP contribution in [0, 0.1) is 0 Å². The third-order valence-corrected chi connectivity index (χ3v) is 5.68. The van der Waals surface area contributed by atoms with E-state index >= 15 is 0 Å². The van der Waals surface area contributed by atoms with Crippen molar-refractivity contribution in [2.24, 2.45) is 0 Å². The Morgan fingerprint density at radius 3 is 2.07 bits per heavy atom. The minimum Gasteiger partial charge on any atom is -0.378 e. The first-order valence-electron chi connectivity index (χ1n) is 10.6. The number of hydrogen-bond donors (Lipinski definition) is 0. The van der Waals surface area contributed by atoms with E-state index in [0.717, 1.165) is 0 Å². The summed E-state index contributed by atoms with van der Waals surface area (Å²) in [5.74, 6) is 0. The molecule has 0 unspecified atom stereocenters. The quantitative estimate of drug-likeness (QED) is 0.334. The van der Waals surface area contributed by atoms with E-state index in [1.54, 1.807) is 0 Å². The van der Waals surface area contributed by atoms with E-state index in [4.69, 9.17) is 0 Å². The second kappa shape index (κ2) is 8.53. The molecule has 4 aromatic rings. The van der Waals surface area contributed by atoms with Crippen molar-refractivity contribution in [1.29, 1.82) is 0 Å². The summed E-state index contributed by atoms with van der Waals surface area (Å²) in [6, 6.07) is 31.3. The lowest BCUT2D eigenvalue weighted by Gasteiger charge is -2.13. The van der Waals surface area contributed by atoms with Gasteiger partial charge < -0.3 is 4.90 Å². The monoisotopic (exact) mass is 379 g/mol. The first-order chi connectivity index (χ1) is 14.2. The summed E-state index contributed by atoms with van der Waals surface area (Å²) in [7, 11) is 4.14. The lowest BCUT2D eigenvalue weighted by molar-refractivity contribution is 0.795. The highest BCUT2D eigenvalue weighted by atomic mass is 15.1. The van der Waals surface area contributed by atoms with E-state index < -0.39 is 0 Å². The Kier molecular flexibility index (Phi) is 5.67. The summed E-state index contributed by atoms with van der Waals surface area (Å²) in [5.41, 5.74) is 7.76. The van der Waals surface area contributed by atoms with E-state index in [1.807, 2.05) is 0 Å². The van der Waals surface area contributed by atoms with Gasteiger partial charge in [-0.25, -0.2) is 0 Å². The summed E-state index contributed by atoms with van der Waals surface area (Å²) in [6.45, 7) is 2.25. The molecule has 0 saturated carbocycles. The molecular formula is C28H29N. The van der Waals surface area contributed by atoms with Gasteiger partial charge in [0.2, 0.25) is 0 Å². The third kappa shape index (κ3) is 4.19. The second-order valence-electron chi connectivity index (χ2n) is 7.98. The Morgan fingerprint density at radius 1 is 0.690 bits per heavy atom. The van der Waals surface area contributed by atoms with Gasteiger partial charge in [-0.1, -0.05) is 80.1 Å². The maximum Gasteiger partial charge on any atom is 0.0361 e. The van der Waals surface area contributed by atoms with Gasteiger partial charge in [0, 0.05) is 19.8 Å². The number of unbranched alkanes of at least 4 members (excludes halogenated alkanes) is 1. The summed E-state index contributed by atoms with van der Waals surface area (Å²) in [4.78, 5) is 2.13. The lowest BCUT2D eigenvalue weighted by Crippen LogP contribution is -2.07. The van der Waals surface area contributed by atoms with Crippen molar-refractivity contribution in [2.45, 2.75) is 26.2 Å². The molecule has 0 aliphatic rings. The molecule has 0 N–H and O–H groups in total. The number of aryl methyl sites for hydroxylation is 1. The normalized spacial score (nSPS) is 11.0. The van der Waals surface area contributed by atoms with Crippen LogP contribution in [0.15, 0.2) is 84.9 Å². The predicted molar refractivity (Wildman–Crippen MR) is 128 cm³/mol. The zero-order valence-electron chi connectivity index (χ0n) is 17.7. The zero-order valence-corrected chi connectivity index (χ0v) is 17.7. The number of nitrogens with zero attached hydrogens (tertiary/aromatic N) is 1. The minimum absolute atomic E-state index is 1.17. The van der Waals surface area contributed by atoms with Gasteiger partial charge in [0.25, 0.3) is 0 Å². The van der Waals surface area contributed by atoms with Crippen LogP contribution in [0.2, 0.25) is 0 Å². The van der Waals surface area contributed by atoms with Crippen LogP contribution in [-0.2, 0) is 6.42 Å². The molecule has 146 valence electrons. The van der Waals surface area contributed by atoms with E-state index in [2.05, 4.69) is 111 Å². The van der Waals surface area contributed by atoms with Gasteiger partial charge in [-0.15, -0.1) is 0 Å². The molecule has 29 heavy (non-hydrogen) atoms. The number of hydrogen-bond acceptors (Lipinski definition) is 1. The van der Waals surface area contributed by atoms with Crippen molar-refractivity contribution in [3.8, 4) is 22.3 Å². The number of anilines is 1. The van der Waals surface area contributed by atoms with E-state index in [1.165, 1.54) is 63.5 Å². The molecule has 4 rings (SSSR count). The second-order valence-corrected chi connectivity index (χ2v) is 7.98. The highest BCUT2D eigenvalue weighted by Crippen LogP contribution is 2.32. The van der Waals surface area contributed by atoms with E-state index in [9.17, 15) is 0 Å². The summed E-state index contributed by atoms with van der Waals surface area (Å²) < 4.78 is 0. The molecule has 0 spiro atoms. The molecule has 0 radical (unpaired) electrons. The standard InChI is InChI=1S/C28H29N/c1-4-5-7-21-10-12-23(13-11-21)27-9-6-8-25-20-24(16-19-28(25)27)22-14-17-26(18-15-22)29(2)3/h6,8-20H,4-5,7H2,1-3H3. The van der Waals surface area contributed by atoms with Crippen LogP contribution in [0.5, 0.6) is 0 Å². The smallest absolute Gasteiger partial charge is 0.0361 e. The number of fused-ring (bicyclic) bond motifs is 1. The first-order valence-corrected chi connectivity index (χ1v) is 10.6. The Balaban J connectivity index is 1.67. The molecule has 0 heterocycles. The Morgan fingerprint density at radius 2 is 1.38 bits per heavy atom. The molecule has 0 saturated heterocycles. The number of benzene rings is 4. The summed E-state index contributed by atoms with van der Waals surface area (Å²) >= 11 is 0. The molecule has 4 aromatic carbocycles. The van der Waals surface area contributed by atoms with Gasteiger partial charge in [-0.05, 0) is 69.6 Å². The lowest BCUT2D eigenvalue weighted by atomic mass is 9.94. The molecule has 1 heteroatoms. The van der Waals surface area contributed by atoms with Crippen LogP contribution in [0.4, 0.5) is 5.69 Å². The van der Waals surface area contributed by atoms with E-state index in [-0.39, 0.29) is 0 Å². The molecule has 0 aliphatic heterocycles. The average Bonchev–Trinajstić information content (AvgIpc) is 2.77. The van der Waals surface area contributed by atoms with Crippen LogP contribution in [0.1, 0.15) is 25.3 Å². The Hall–Kier alpha value is -3.06. The van der Waals surface area contributed by atoms with Crippen LogP contribution in [0.25, 0.3) is 33.0 Å². The van der Waals surface area contributed by atoms with Crippen molar-refractivity contribution in [1.82, 2.24) is 0 Å². The molecule has 0 aliphatic carbocycles. The minimum atomic E-state index is 1.17. The van der Waals surface area contributed by atoms with E-state index in [0.29, 0.717) is 0 Å². The van der Waals surface area contributed by atoms with Crippen LogP contribution in [0.3, 0.4) is 0 Å². The molecule has 0 atom stereocenters. The van der Waals surface area contributed by atoms with Gasteiger partial charge in [-0.2, -0.15) is 0 Å². The molecule has 0 amide bonds. The molecule has 1 nitrogen and oxygen atoms in total. The van der Waals surface area contributed by atoms with Crippen LogP contribution in [-0.4, -0.2) is 14.1 Å². The van der Waals surface area contributed by atoms with Gasteiger partial charge in [0.1, 0.15) is 0 Å². The SMILES string of the molecule is CCCCc1ccc(-c2cccc3cc(-c4ccc(N(C)C)cc4)ccc23)cc1. The van der Waals surface area contributed by atoms with Gasteiger partial charge >= 0.3 is 0 Å². The maximum absolute atomic E-state index is 2.30. The Bertz CT molecular complexity index is 1090. The van der Waals surface area contributed by atoms with Crippen LogP contribution >= 0.6 is 0 Å². The van der Waals surface area contributed by atoms with Gasteiger partial charge in [0.05, 0.1) is 0 Å². The summed E-state index contributed by atoms with van der Waals surface area (Å²) in [6.07, 6.45) is 3.67. The number of rotatable bonds is 6. The molecule has 0 aromatic heterocycles. The van der Waals surface area contributed by atoms with Gasteiger partial charge in [-0.3, -0.25) is 0 Å². The zero-order chi connectivity index (χ0) is 20.2. The molecule has 0 bridgehead atoms. The van der Waals surface area contributed by atoms with Crippen molar-refractivity contribution >= 4 is 16.5 Å². The maximum atomic E-state index is 2.30.